The van der Waals surface area contributed by atoms with Crippen molar-refractivity contribution in [2.24, 2.45) is 5.92 Å². The van der Waals surface area contributed by atoms with Gasteiger partial charge in [0, 0.05) is 29.4 Å². The zero-order valence-electron chi connectivity index (χ0n) is 19.3. The van der Waals surface area contributed by atoms with E-state index in [0.29, 0.717) is 38.0 Å². The number of rotatable bonds is 7. The average Bonchev–Trinajstić information content (AvgIpc) is 3.10. The van der Waals surface area contributed by atoms with Crippen LogP contribution in [0.25, 0.3) is 0 Å². The molecule has 1 aliphatic rings. The molecule has 0 radical (unpaired) electrons. The molecule has 4 nitrogen and oxygen atoms in total. The number of carbonyl (C=O) groups excluding carboxylic acids is 2. The number of carbonyl (C=O) groups is 2. The summed E-state index contributed by atoms with van der Waals surface area (Å²) in [5.41, 5.74) is 3.21. The summed E-state index contributed by atoms with van der Waals surface area (Å²) in [4.78, 5) is 27.7. The summed E-state index contributed by atoms with van der Waals surface area (Å²) in [5, 5.41) is 0. The van der Waals surface area contributed by atoms with Crippen LogP contribution in [0.2, 0.25) is 0 Å². The summed E-state index contributed by atoms with van der Waals surface area (Å²) in [7, 11) is 0. The van der Waals surface area contributed by atoms with Crippen LogP contribution in [0.5, 0.6) is 0 Å². The molecule has 4 rings (SSSR count). The maximum atomic E-state index is 14.0. The molecule has 0 bridgehead atoms. The molecule has 1 saturated heterocycles. The Balaban J connectivity index is 1.37. The number of benzene rings is 2. The van der Waals surface area contributed by atoms with E-state index in [9.17, 15) is 22.8 Å². The number of Topliss-reactive ketones (excluding diaryl/α,β-unsaturated/α-hetero) is 2. The van der Waals surface area contributed by atoms with Crippen LogP contribution >= 0.6 is 0 Å². The first-order chi connectivity index (χ1) is 16.2. The molecule has 1 fully saturated rings. The number of aryl methyl sites for hydroxylation is 1. The van der Waals surface area contributed by atoms with E-state index >= 15 is 0 Å². The Morgan fingerprint density at radius 1 is 0.882 bits per heavy atom. The molecule has 178 valence electrons. The van der Waals surface area contributed by atoms with Gasteiger partial charge in [-0.25, -0.2) is 13.2 Å². The summed E-state index contributed by atoms with van der Waals surface area (Å²) < 4.78 is 42.7. The summed E-state index contributed by atoms with van der Waals surface area (Å²) in [6.45, 7) is 5.70. The Morgan fingerprint density at radius 3 is 2.21 bits per heavy atom. The van der Waals surface area contributed by atoms with Crippen molar-refractivity contribution in [2.75, 3.05) is 19.6 Å². The molecule has 0 saturated carbocycles. The van der Waals surface area contributed by atoms with Gasteiger partial charge in [0.2, 0.25) is 0 Å². The molecule has 34 heavy (non-hydrogen) atoms. The van der Waals surface area contributed by atoms with Crippen LogP contribution in [0.4, 0.5) is 13.2 Å². The predicted octanol–water partition coefficient (Wildman–Crippen LogP) is 5.35. The van der Waals surface area contributed by atoms with Crippen molar-refractivity contribution in [3.05, 3.63) is 94.1 Å². The number of hydrogen-bond acceptors (Lipinski definition) is 3. The van der Waals surface area contributed by atoms with E-state index in [2.05, 4.69) is 0 Å². The third kappa shape index (κ3) is 5.14. The minimum Gasteiger partial charge on any atom is -0.344 e. The van der Waals surface area contributed by atoms with Gasteiger partial charge < -0.3 is 4.57 Å². The Labute approximate surface area is 197 Å². The van der Waals surface area contributed by atoms with E-state index in [0.717, 1.165) is 35.2 Å². The zero-order valence-corrected chi connectivity index (χ0v) is 19.3. The largest absolute Gasteiger partial charge is 0.344 e. The fraction of sp³-hybridized carbons (Fsp3) is 0.333. The lowest BCUT2D eigenvalue weighted by atomic mass is 9.88. The van der Waals surface area contributed by atoms with Crippen molar-refractivity contribution >= 4 is 11.6 Å². The van der Waals surface area contributed by atoms with Gasteiger partial charge in [-0.3, -0.25) is 14.5 Å². The summed E-state index contributed by atoms with van der Waals surface area (Å²) >= 11 is 0. The second-order valence-electron chi connectivity index (χ2n) is 8.96. The number of hydrogen-bond donors (Lipinski definition) is 0. The first kappa shape index (κ1) is 24.0. The Kier molecular flexibility index (Phi) is 7.03. The molecule has 2 aromatic carbocycles. The van der Waals surface area contributed by atoms with Crippen molar-refractivity contribution in [3.8, 4) is 0 Å². The van der Waals surface area contributed by atoms with Crippen molar-refractivity contribution in [1.29, 1.82) is 0 Å². The first-order valence-corrected chi connectivity index (χ1v) is 11.4. The van der Waals surface area contributed by atoms with Gasteiger partial charge in [-0.15, -0.1) is 0 Å². The summed E-state index contributed by atoms with van der Waals surface area (Å²) in [6, 6.07) is 11.1. The summed E-state index contributed by atoms with van der Waals surface area (Å²) in [5.74, 6) is -2.40. The third-order valence-electron chi connectivity index (χ3n) is 6.65. The van der Waals surface area contributed by atoms with Crippen LogP contribution < -0.4 is 0 Å². The van der Waals surface area contributed by atoms with E-state index in [1.165, 1.54) is 12.1 Å². The lowest BCUT2D eigenvalue weighted by Gasteiger charge is -2.30. The predicted molar refractivity (Wildman–Crippen MR) is 124 cm³/mol. The smallest absolute Gasteiger partial charge is 0.178 e. The quantitative estimate of drug-likeness (QED) is 0.439. The van der Waals surface area contributed by atoms with Gasteiger partial charge >= 0.3 is 0 Å². The molecular formula is C27H27F3N2O2. The topological polar surface area (TPSA) is 42.3 Å². The lowest BCUT2D eigenvalue weighted by molar-refractivity contribution is 0.0802. The highest BCUT2D eigenvalue weighted by atomic mass is 19.1. The van der Waals surface area contributed by atoms with Gasteiger partial charge in [0.05, 0.1) is 12.1 Å². The first-order valence-electron chi connectivity index (χ1n) is 11.4. The number of likely N-dealkylation sites (tertiary alicyclic amines) is 1. The van der Waals surface area contributed by atoms with Gasteiger partial charge in [0.25, 0.3) is 0 Å². The van der Waals surface area contributed by atoms with Crippen LogP contribution in [0.1, 0.15) is 50.5 Å². The van der Waals surface area contributed by atoms with Gasteiger partial charge in [0.1, 0.15) is 17.5 Å². The van der Waals surface area contributed by atoms with Gasteiger partial charge in [-0.2, -0.15) is 0 Å². The molecule has 1 aliphatic heterocycles. The Hall–Kier alpha value is -3.19. The molecule has 0 N–H and O–H groups in total. The fourth-order valence-electron chi connectivity index (χ4n) is 4.65. The van der Waals surface area contributed by atoms with Gasteiger partial charge in [-0.1, -0.05) is 12.1 Å². The third-order valence-corrected chi connectivity index (χ3v) is 6.65. The standard InChI is InChI=1S/C27H27F3N2O2/c1-17-13-23(18(2)32(17)15-19-3-5-21(28)6-4-19)26(33)16-31-11-9-20(10-12-31)27(34)24-14-22(29)7-8-25(24)30/h3-8,13-14,20H,9-12,15-16H2,1-2H3. The highest BCUT2D eigenvalue weighted by Gasteiger charge is 2.29. The number of aromatic nitrogens is 1. The van der Waals surface area contributed by atoms with Crippen molar-refractivity contribution in [2.45, 2.75) is 33.2 Å². The normalized spacial score (nSPS) is 15.0. The van der Waals surface area contributed by atoms with E-state index in [1.54, 1.807) is 12.1 Å². The SMILES string of the molecule is Cc1cc(C(=O)CN2CCC(C(=O)c3cc(F)ccc3F)CC2)c(C)n1Cc1ccc(F)cc1. The fourth-order valence-corrected chi connectivity index (χ4v) is 4.65. The monoisotopic (exact) mass is 468 g/mol. The maximum Gasteiger partial charge on any atom is 0.178 e. The summed E-state index contributed by atoms with van der Waals surface area (Å²) in [6.07, 6.45) is 0.983. The molecule has 3 aromatic rings. The molecule has 0 spiro atoms. The van der Waals surface area contributed by atoms with E-state index in [4.69, 9.17) is 0 Å². The molecule has 0 unspecified atom stereocenters. The van der Waals surface area contributed by atoms with Crippen molar-refractivity contribution in [3.63, 3.8) is 0 Å². The van der Waals surface area contributed by atoms with Gasteiger partial charge in [-0.05, 0) is 81.7 Å². The van der Waals surface area contributed by atoms with Crippen LogP contribution in [-0.2, 0) is 6.54 Å². The van der Waals surface area contributed by atoms with Gasteiger partial charge in [0.15, 0.2) is 11.6 Å². The average molecular weight is 469 g/mol. The van der Waals surface area contributed by atoms with Crippen molar-refractivity contribution < 1.29 is 22.8 Å². The molecule has 0 atom stereocenters. The van der Waals surface area contributed by atoms with Crippen LogP contribution in [-0.4, -0.2) is 40.7 Å². The number of nitrogens with zero attached hydrogens (tertiary/aromatic N) is 2. The van der Waals surface area contributed by atoms with Crippen LogP contribution in [0.3, 0.4) is 0 Å². The molecule has 7 heteroatoms. The van der Waals surface area contributed by atoms with Crippen LogP contribution in [0, 0.1) is 37.2 Å². The van der Waals surface area contributed by atoms with Crippen molar-refractivity contribution in [1.82, 2.24) is 9.47 Å². The minimum atomic E-state index is -0.708. The van der Waals surface area contributed by atoms with E-state index < -0.39 is 11.6 Å². The number of ketones is 2. The van der Waals surface area contributed by atoms with E-state index in [-0.39, 0.29) is 35.4 Å². The van der Waals surface area contributed by atoms with E-state index in [1.807, 2.05) is 29.4 Å². The Morgan fingerprint density at radius 2 is 1.53 bits per heavy atom. The number of halogens is 3. The molecule has 0 amide bonds. The molecule has 1 aromatic heterocycles. The molecule has 2 heterocycles. The highest BCUT2D eigenvalue weighted by Crippen LogP contribution is 2.25. The zero-order chi connectivity index (χ0) is 24.4. The second-order valence-corrected chi connectivity index (χ2v) is 8.96. The minimum absolute atomic E-state index is 0.000549. The second kappa shape index (κ2) is 9.97. The maximum absolute atomic E-state index is 14.0. The Bertz CT molecular complexity index is 1210. The lowest BCUT2D eigenvalue weighted by Crippen LogP contribution is -2.39. The highest BCUT2D eigenvalue weighted by molar-refractivity contribution is 5.99. The molecule has 0 aliphatic carbocycles. The van der Waals surface area contributed by atoms with Crippen LogP contribution in [0.15, 0.2) is 48.5 Å². The number of piperidine rings is 1. The molecular weight excluding hydrogens is 441 g/mol.